The molecule has 0 aliphatic carbocycles. The predicted molar refractivity (Wildman–Crippen MR) is 130 cm³/mol. The first-order valence-electron chi connectivity index (χ1n) is 9.98. The van der Waals surface area contributed by atoms with Gasteiger partial charge in [0, 0.05) is 19.3 Å². The van der Waals surface area contributed by atoms with E-state index in [4.69, 9.17) is 4.74 Å². The Bertz CT molecular complexity index is 860. The number of carbonyl (C=O) groups excluding carboxylic acids is 1. The Kier molecular flexibility index (Phi) is 9.51. The molecule has 1 aromatic heterocycles. The predicted octanol–water partition coefficient (Wildman–Crippen LogP) is 3.29. The number of morpholine rings is 1. The molecule has 0 bridgehead atoms. The van der Waals surface area contributed by atoms with Crippen molar-refractivity contribution in [2.24, 2.45) is 4.99 Å². The molecular formula is C22H30IN5O2. The Morgan fingerprint density at radius 3 is 2.87 bits per heavy atom. The molecule has 0 saturated carbocycles. The summed E-state index contributed by atoms with van der Waals surface area (Å²) in [5.41, 5.74) is 4.34. The molecule has 1 aliphatic heterocycles. The zero-order chi connectivity index (χ0) is 20.6. The maximum Gasteiger partial charge on any atom is 0.246 e. The molecule has 3 rings (SSSR count). The van der Waals surface area contributed by atoms with E-state index in [0.29, 0.717) is 18.8 Å². The Morgan fingerprint density at radius 2 is 2.17 bits per heavy atom. The summed E-state index contributed by atoms with van der Waals surface area (Å²) in [6.07, 6.45) is 3.27. The summed E-state index contributed by atoms with van der Waals surface area (Å²) in [6, 6.07) is 10.0. The lowest BCUT2D eigenvalue weighted by Crippen LogP contribution is -2.48. The van der Waals surface area contributed by atoms with Crippen molar-refractivity contribution in [2.45, 2.75) is 26.9 Å². The van der Waals surface area contributed by atoms with E-state index in [-0.39, 0.29) is 42.5 Å². The number of nitrogens with zero attached hydrogens (tertiary/aromatic N) is 3. The van der Waals surface area contributed by atoms with Gasteiger partial charge in [0.25, 0.3) is 0 Å². The first-order chi connectivity index (χ1) is 14.1. The normalized spacial score (nSPS) is 16.6. The number of aliphatic imine (C=N–C) groups is 1. The third-order valence-electron chi connectivity index (χ3n) is 4.79. The van der Waals surface area contributed by atoms with Crippen LogP contribution in [0.4, 0.5) is 5.69 Å². The Labute approximate surface area is 195 Å². The molecule has 1 unspecified atom stereocenters. The van der Waals surface area contributed by atoms with E-state index >= 15 is 0 Å². The van der Waals surface area contributed by atoms with Crippen molar-refractivity contribution in [3.63, 3.8) is 0 Å². The molecule has 0 radical (unpaired) electrons. The number of aromatic nitrogens is 1. The van der Waals surface area contributed by atoms with Crippen molar-refractivity contribution in [1.29, 1.82) is 0 Å². The molecule has 30 heavy (non-hydrogen) atoms. The van der Waals surface area contributed by atoms with Gasteiger partial charge in [-0.25, -0.2) is 4.99 Å². The summed E-state index contributed by atoms with van der Waals surface area (Å²) in [4.78, 5) is 23.0. The summed E-state index contributed by atoms with van der Waals surface area (Å²) >= 11 is 0. The van der Waals surface area contributed by atoms with E-state index in [1.165, 1.54) is 16.7 Å². The lowest BCUT2D eigenvalue weighted by molar-refractivity contribution is -0.114. The topological polar surface area (TPSA) is 78.8 Å². The van der Waals surface area contributed by atoms with Crippen molar-refractivity contribution in [1.82, 2.24) is 15.2 Å². The summed E-state index contributed by atoms with van der Waals surface area (Å²) in [6.45, 7) is 9.05. The van der Waals surface area contributed by atoms with Gasteiger partial charge >= 0.3 is 0 Å². The standard InChI is InChI=1S/C22H29N5O2.HI/c1-4-24-22(25-14-21(28)26-18-6-5-9-23-13-18)27-10-11-29-20(15-27)19-8-7-16(2)12-17(19)3;/h5-9,12-13,20H,4,10-11,14-15H2,1-3H3,(H,24,25)(H,26,28);1H. The highest BCUT2D eigenvalue weighted by Gasteiger charge is 2.25. The van der Waals surface area contributed by atoms with Gasteiger partial charge in [-0.3, -0.25) is 9.78 Å². The zero-order valence-corrected chi connectivity index (χ0v) is 20.1. The Hall–Kier alpha value is -2.20. The number of hydrogen-bond donors (Lipinski definition) is 2. The molecule has 2 N–H and O–H groups in total. The van der Waals surface area contributed by atoms with Crippen LogP contribution >= 0.6 is 24.0 Å². The van der Waals surface area contributed by atoms with E-state index < -0.39 is 0 Å². The molecule has 1 atom stereocenters. The van der Waals surface area contributed by atoms with Crippen molar-refractivity contribution in [3.05, 3.63) is 59.4 Å². The van der Waals surface area contributed by atoms with Crippen LogP contribution < -0.4 is 10.6 Å². The molecule has 1 aliphatic rings. The van der Waals surface area contributed by atoms with Crippen LogP contribution in [0.2, 0.25) is 0 Å². The maximum absolute atomic E-state index is 12.2. The molecule has 7 nitrogen and oxygen atoms in total. The number of anilines is 1. The summed E-state index contributed by atoms with van der Waals surface area (Å²) < 4.78 is 6.04. The van der Waals surface area contributed by atoms with Crippen LogP contribution in [0.3, 0.4) is 0 Å². The number of rotatable bonds is 5. The second-order valence-corrected chi connectivity index (χ2v) is 7.13. The first-order valence-corrected chi connectivity index (χ1v) is 9.98. The third kappa shape index (κ3) is 6.66. The van der Waals surface area contributed by atoms with Crippen LogP contribution in [0.15, 0.2) is 47.7 Å². The van der Waals surface area contributed by atoms with Gasteiger partial charge < -0.3 is 20.3 Å². The number of carbonyl (C=O) groups is 1. The van der Waals surface area contributed by atoms with Gasteiger partial charge in [-0.2, -0.15) is 0 Å². The highest BCUT2D eigenvalue weighted by Crippen LogP contribution is 2.25. The number of nitrogens with one attached hydrogen (secondary N) is 2. The number of amides is 1. The van der Waals surface area contributed by atoms with E-state index in [1.807, 2.05) is 6.92 Å². The van der Waals surface area contributed by atoms with E-state index in [0.717, 1.165) is 19.0 Å². The first kappa shape index (κ1) is 24.1. The molecule has 2 heterocycles. The fourth-order valence-electron chi connectivity index (χ4n) is 3.43. The smallest absolute Gasteiger partial charge is 0.246 e. The van der Waals surface area contributed by atoms with Crippen molar-refractivity contribution in [3.8, 4) is 0 Å². The average molecular weight is 523 g/mol. The molecule has 2 aromatic rings. The van der Waals surface area contributed by atoms with Crippen LogP contribution in [0.1, 0.15) is 29.7 Å². The average Bonchev–Trinajstić information content (AvgIpc) is 2.72. The highest BCUT2D eigenvalue weighted by molar-refractivity contribution is 14.0. The van der Waals surface area contributed by atoms with Crippen LogP contribution in [0.5, 0.6) is 0 Å². The number of hydrogen-bond acceptors (Lipinski definition) is 4. The molecule has 1 amide bonds. The highest BCUT2D eigenvalue weighted by atomic mass is 127. The van der Waals surface area contributed by atoms with Crippen molar-refractivity contribution < 1.29 is 9.53 Å². The van der Waals surface area contributed by atoms with Crippen molar-refractivity contribution in [2.75, 3.05) is 38.1 Å². The Morgan fingerprint density at radius 1 is 1.33 bits per heavy atom. The van der Waals surface area contributed by atoms with Crippen LogP contribution in [-0.4, -0.2) is 54.5 Å². The minimum Gasteiger partial charge on any atom is -0.370 e. The lowest BCUT2D eigenvalue weighted by Gasteiger charge is -2.35. The SMILES string of the molecule is CCNC(=NCC(=O)Nc1cccnc1)N1CCOC(c2ccc(C)cc2C)C1.I. The van der Waals surface area contributed by atoms with Gasteiger partial charge in [0.15, 0.2) is 5.96 Å². The van der Waals surface area contributed by atoms with Gasteiger partial charge in [0.05, 0.1) is 25.0 Å². The second-order valence-electron chi connectivity index (χ2n) is 7.13. The monoisotopic (exact) mass is 523 g/mol. The number of ether oxygens (including phenoxy) is 1. The lowest BCUT2D eigenvalue weighted by atomic mass is 10.00. The molecule has 1 saturated heterocycles. The molecular weight excluding hydrogens is 493 g/mol. The minimum atomic E-state index is -0.174. The molecule has 1 aromatic carbocycles. The van der Waals surface area contributed by atoms with E-state index in [1.54, 1.807) is 24.5 Å². The molecule has 8 heteroatoms. The number of benzene rings is 1. The van der Waals surface area contributed by atoms with Crippen LogP contribution in [-0.2, 0) is 9.53 Å². The summed E-state index contributed by atoms with van der Waals surface area (Å²) in [5.74, 6) is 0.555. The maximum atomic E-state index is 12.2. The van der Waals surface area contributed by atoms with Gasteiger partial charge in [-0.1, -0.05) is 23.8 Å². The number of guanidine groups is 1. The quantitative estimate of drug-likeness (QED) is 0.358. The number of pyridine rings is 1. The van der Waals surface area contributed by atoms with Gasteiger partial charge in [-0.05, 0) is 44.0 Å². The fraction of sp³-hybridized carbons (Fsp3) is 0.409. The van der Waals surface area contributed by atoms with Crippen molar-refractivity contribution >= 4 is 41.5 Å². The Balaban J connectivity index is 0.00000320. The second kappa shape index (κ2) is 11.8. The fourth-order valence-corrected chi connectivity index (χ4v) is 3.43. The van der Waals surface area contributed by atoms with Gasteiger partial charge in [-0.15, -0.1) is 24.0 Å². The van der Waals surface area contributed by atoms with Crippen LogP contribution in [0.25, 0.3) is 0 Å². The van der Waals surface area contributed by atoms with E-state index in [9.17, 15) is 4.79 Å². The third-order valence-corrected chi connectivity index (χ3v) is 4.79. The van der Waals surface area contributed by atoms with Gasteiger partial charge in [0.2, 0.25) is 5.91 Å². The molecule has 162 valence electrons. The summed E-state index contributed by atoms with van der Waals surface area (Å²) in [5, 5.41) is 6.11. The zero-order valence-electron chi connectivity index (χ0n) is 17.7. The number of aryl methyl sites for hydroxylation is 2. The van der Waals surface area contributed by atoms with Gasteiger partial charge in [0.1, 0.15) is 12.6 Å². The number of halogens is 1. The summed E-state index contributed by atoms with van der Waals surface area (Å²) in [7, 11) is 0. The van der Waals surface area contributed by atoms with Crippen LogP contribution in [0, 0.1) is 13.8 Å². The largest absolute Gasteiger partial charge is 0.370 e. The molecule has 0 spiro atoms. The van der Waals surface area contributed by atoms with E-state index in [2.05, 4.69) is 57.6 Å². The molecule has 1 fully saturated rings. The minimum absolute atomic E-state index is 0.